The summed E-state index contributed by atoms with van der Waals surface area (Å²) in [5.74, 6) is -1.21. The topological polar surface area (TPSA) is 97.5 Å². The highest BCUT2D eigenvalue weighted by Gasteiger charge is 2.33. The van der Waals surface area contributed by atoms with Crippen LogP contribution in [0.2, 0.25) is 0 Å². The van der Waals surface area contributed by atoms with Crippen molar-refractivity contribution in [2.75, 3.05) is 11.5 Å². The van der Waals surface area contributed by atoms with Gasteiger partial charge in [0, 0.05) is 5.92 Å². The Morgan fingerprint density at radius 2 is 2.24 bits per heavy atom. The number of aryl methyl sites for hydroxylation is 1. The van der Waals surface area contributed by atoms with Crippen molar-refractivity contribution < 1.29 is 22.8 Å². The Morgan fingerprint density at radius 3 is 2.82 bits per heavy atom. The highest BCUT2D eigenvalue weighted by Crippen LogP contribution is 2.31. The Morgan fingerprint density at radius 1 is 1.53 bits per heavy atom. The Kier molecular flexibility index (Phi) is 2.94. The molecule has 1 aliphatic heterocycles. The SMILES string of the molecule is Cc1noc(C2CCCS(=O)(=O)C2)c1C(=O)O. The lowest BCUT2D eigenvalue weighted by atomic mass is 9.98. The molecule has 0 bridgehead atoms. The lowest BCUT2D eigenvalue weighted by molar-refractivity contribution is 0.0693. The van der Waals surface area contributed by atoms with E-state index in [4.69, 9.17) is 9.63 Å². The maximum absolute atomic E-state index is 11.5. The summed E-state index contributed by atoms with van der Waals surface area (Å²) in [5.41, 5.74) is 0.294. The molecular formula is C10H13NO5S. The van der Waals surface area contributed by atoms with Crippen LogP contribution in [0.1, 0.15) is 40.6 Å². The van der Waals surface area contributed by atoms with E-state index in [1.54, 1.807) is 0 Å². The second-order valence-corrected chi connectivity index (χ2v) is 6.49. The van der Waals surface area contributed by atoms with Gasteiger partial charge in [0.15, 0.2) is 15.6 Å². The minimum atomic E-state index is -3.09. The molecule has 1 aromatic heterocycles. The summed E-state index contributed by atoms with van der Waals surface area (Å²) in [6.07, 6.45) is 1.15. The zero-order valence-corrected chi connectivity index (χ0v) is 10.2. The third-order valence-corrected chi connectivity index (χ3v) is 4.76. The Bertz CT molecular complexity index is 545. The van der Waals surface area contributed by atoms with Gasteiger partial charge in [-0.1, -0.05) is 5.16 Å². The largest absolute Gasteiger partial charge is 0.477 e. The number of carboxylic acids is 1. The van der Waals surface area contributed by atoms with Gasteiger partial charge >= 0.3 is 5.97 Å². The van der Waals surface area contributed by atoms with Crippen LogP contribution in [0.4, 0.5) is 0 Å². The van der Waals surface area contributed by atoms with E-state index >= 15 is 0 Å². The molecule has 6 nitrogen and oxygen atoms in total. The number of carbonyl (C=O) groups is 1. The van der Waals surface area contributed by atoms with Crippen LogP contribution in [0.15, 0.2) is 4.52 Å². The van der Waals surface area contributed by atoms with Gasteiger partial charge in [0.05, 0.1) is 17.2 Å². The van der Waals surface area contributed by atoms with Gasteiger partial charge in [-0.2, -0.15) is 0 Å². The van der Waals surface area contributed by atoms with Crippen LogP contribution in [0.25, 0.3) is 0 Å². The lowest BCUT2D eigenvalue weighted by Crippen LogP contribution is -2.24. The van der Waals surface area contributed by atoms with Gasteiger partial charge < -0.3 is 9.63 Å². The van der Waals surface area contributed by atoms with Gasteiger partial charge in [-0.05, 0) is 19.8 Å². The van der Waals surface area contributed by atoms with Crippen molar-refractivity contribution in [1.29, 1.82) is 0 Å². The minimum absolute atomic E-state index is 0.00657. The van der Waals surface area contributed by atoms with Crippen molar-refractivity contribution in [3.63, 3.8) is 0 Å². The fraction of sp³-hybridized carbons (Fsp3) is 0.600. The first kappa shape index (κ1) is 12.1. The van der Waals surface area contributed by atoms with Crippen LogP contribution in [0.5, 0.6) is 0 Å². The summed E-state index contributed by atoms with van der Waals surface area (Å²) in [6.45, 7) is 1.54. The third kappa shape index (κ3) is 2.33. The van der Waals surface area contributed by atoms with Crippen LogP contribution in [0, 0.1) is 6.92 Å². The van der Waals surface area contributed by atoms with E-state index in [0.717, 1.165) is 0 Å². The van der Waals surface area contributed by atoms with Crippen molar-refractivity contribution in [2.24, 2.45) is 0 Å². The Hall–Kier alpha value is -1.37. The van der Waals surface area contributed by atoms with Crippen molar-refractivity contribution in [3.8, 4) is 0 Å². The molecule has 1 atom stereocenters. The number of aromatic carboxylic acids is 1. The van der Waals surface area contributed by atoms with Crippen molar-refractivity contribution >= 4 is 15.8 Å². The predicted octanol–water partition coefficient (Wildman–Crippen LogP) is 0.973. The van der Waals surface area contributed by atoms with E-state index in [2.05, 4.69) is 5.16 Å². The van der Waals surface area contributed by atoms with E-state index in [-0.39, 0.29) is 34.4 Å². The number of hydrogen-bond donors (Lipinski definition) is 1. The van der Waals surface area contributed by atoms with Crippen LogP contribution in [0.3, 0.4) is 0 Å². The quantitative estimate of drug-likeness (QED) is 0.850. The maximum atomic E-state index is 11.5. The maximum Gasteiger partial charge on any atom is 0.341 e. The average molecular weight is 259 g/mol. The second kappa shape index (κ2) is 4.14. The molecule has 1 saturated heterocycles. The summed E-state index contributed by atoms with van der Waals surface area (Å²) in [5, 5.41) is 12.7. The van der Waals surface area contributed by atoms with E-state index < -0.39 is 15.8 Å². The zero-order chi connectivity index (χ0) is 12.6. The first-order valence-electron chi connectivity index (χ1n) is 5.30. The first-order chi connectivity index (χ1) is 7.91. The van der Waals surface area contributed by atoms with E-state index in [1.165, 1.54) is 6.92 Å². The molecule has 1 N–H and O–H groups in total. The third-order valence-electron chi connectivity index (χ3n) is 2.94. The minimum Gasteiger partial charge on any atom is -0.477 e. The molecule has 17 heavy (non-hydrogen) atoms. The van der Waals surface area contributed by atoms with Gasteiger partial charge in [0.1, 0.15) is 5.56 Å². The molecule has 1 fully saturated rings. The fourth-order valence-electron chi connectivity index (χ4n) is 2.16. The molecular weight excluding hydrogens is 246 g/mol. The van der Waals surface area contributed by atoms with Crippen molar-refractivity contribution in [1.82, 2.24) is 5.16 Å². The smallest absolute Gasteiger partial charge is 0.341 e. The summed E-state index contributed by atoms with van der Waals surface area (Å²) >= 11 is 0. The van der Waals surface area contributed by atoms with Gasteiger partial charge in [-0.3, -0.25) is 0 Å². The van der Waals surface area contributed by atoms with Crippen molar-refractivity contribution in [2.45, 2.75) is 25.7 Å². The number of hydrogen-bond acceptors (Lipinski definition) is 5. The molecule has 1 aliphatic rings. The molecule has 0 spiro atoms. The molecule has 1 unspecified atom stereocenters. The Labute approximate surface area is 98.5 Å². The zero-order valence-electron chi connectivity index (χ0n) is 9.34. The van der Waals surface area contributed by atoms with E-state index in [0.29, 0.717) is 12.8 Å². The van der Waals surface area contributed by atoms with Crippen molar-refractivity contribution in [3.05, 3.63) is 17.0 Å². The fourth-order valence-corrected chi connectivity index (χ4v) is 3.86. The molecule has 0 saturated carbocycles. The molecule has 94 valence electrons. The van der Waals surface area contributed by atoms with E-state index in [9.17, 15) is 13.2 Å². The highest BCUT2D eigenvalue weighted by atomic mass is 32.2. The van der Waals surface area contributed by atoms with E-state index in [1.807, 2.05) is 0 Å². The normalized spacial score (nSPS) is 23.5. The molecule has 2 heterocycles. The lowest BCUT2D eigenvalue weighted by Gasteiger charge is -2.19. The van der Waals surface area contributed by atoms with Crippen LogP contribution in [-0.2, 0) is 9.84 Å². The number of sulfone groups is 1. The summed E-state index contributed by atoms with van der Waals surface area (Å²) in [7, 11) is -3.09. The monoisotopic (exact) mass is 259 g/mol. The van der Waals surface area contributed by atoms with Gasteiger partial charge in [0.25, 0.3) is 0 Å². The number of rotatable bonds is 2. The molecule has 0 aliphatic carbocycles. The number of carboxylic acid groups (broad SMARTS) is 1. The summed E-state index contributed by atoms with van der Waals surface area (Å²) in [4.78, 5) is 11.1. The highest BCUT2D eigenvalue weighted by molar-refractivity contribution is 7.91. The van der Waals surface area contributed by atoms with Crippen LogP contribution < -0.4 is 0 Å². The van der Waals surface area contributed by atoms with Crippen LogP contribution >= 0.6 is 0 Å². The number of aromatic nitrogens is 1. The van der Waals surface area contributed by atoms with Gasteiger partial charge in [-0.25, -0.2) is 13.2 Å². The summed E-state index contributed by atoms with van der Waals surface area (Å²) < 4.78 is 28.0. The second-order valence-electron chi connectivity index (χ2n) is 4.27. The molecule has 7 heteroatoms. The molecule has 1 aromatic rings. The first-order valence-corrected chi connectivity index (χ1v) is 7.13. The standard InChI is InChI=1S/C10H13NO5S/c1-6-8(10(12)13)9(16-11-6)7-3-2-4-17(14,15)5-7/h7H,2-5H2,1H3,(H,12,13). The van der Waals surface area contributed by atoms with Gasteiger partial charge in [-0.15, -0.1) is 0 Å². The molecule has 0 aromatic carbocycles. The number of nitrogens with zero attached hydrogens (tertiary/aromatic N) is 1. The predicted molar refractivity (Wildman–Crippen MR) is 58.8 cm³/mol. The van der Waals surface area contributed by atoms with Gasteiger partial charge in [0.2, 0.25) is 0 Å². The molecule has 2 rings (SSSR count). The summed E-state index contributed by atoms with van der Waals surface area (Å²) in [6, 6.07) is 0. The average Bonchev–Trinajstić information content (AvgIpc) is 2.58. The molecule has 0 amide bonds. The van der Waals surface area contributed by atoms with Crippen LogP contribution in [-0.4, -0.2) is 36.2 Å². The molecule has 0 radical (unpaired) electrons. The Balaban J connectivity index is 2.38.